The maximum absolute atomic E-state index is 13.5. The lowest BCUT2D eigenvalue weighted by atomic mass is 10.2. The molecule has 21 heteroatoms. The number of pyridine rings is 2. The normalized spacial score (nSPS) is 15.6. The molecule has 58 heavy (non-hydrogen) atoms. The molecule has 0 spiro atoms. The number of alkyl halides is 6. The number of aliphatic hydroxyl groups excluding tert-OH is 2. The first-order valence-electron chi connectivity index (χ1n) is 19.0. The van der Waals surface area contributed by atoms with Gasteiger partial charge in [0, 0.05) is 112 Å². The molecule has 4 heterocycles. The topological polar surface area (TPSA) is 139 Å². The van der Waals surface area contributed by atoms with Crippen LogP contribution in [0.2, 0.25) is 0 Å². The van der Waals surface area contributed by atoms with E-state index in [1.54, 1.807) is 7.05 Å². The Hall–Kier alpha value is -3.56. The van der Waals surface area contributed by atoms with Crippen LogP contribution in [0.5, 0.6) is 11.8 Å². The van der Waals surface area contributed by atoms with Crippen molar-refractivity contribution < 1.29 is 55.6 Å². The molecular weight excluding hydrogens is 802 g/mol. The Kier molecular flexibility index (Phi) is 20.8. The lowest BCUT2D eigenvalue weighted by Crippen LogP contribution is -2.49. The van der Waals surface area contributed by atoms with Crippen molar-refractivity contribution in [3.05, 3.63) is 35.7 Å². The number of nitrogens with zero attached hydrogens (tertiary/aromatic N) is 7. The number of hydrogen-bond donors (Lipinski definition) is 3. The van der Waals surface area contributed by atoms with Crippen molar-refractivity contribution in [3.8, 4) is 11.8 Å². The maximum atomic E-state index is 13.5. The van der Waals surface area contributed by atoms with Crippen molar-refractivity contribution in [2.75, 3.05) is 129 Å². The predicted octanol–water partition coefficient (Wildman–Crippen LogP) is 4.48. The van der Waals surface area contributed by atoms with E-state index in [4.69, 9.17) is 24.4 Å². The summed E-state index contributed by atoms with van der Waals surface area (Å²) in [4.78, 5) is 29.5. The molecule has 2 aliphatic rings. The number of carbonyl (C=O) groups excluding carboxylic acids is 1. The van der Waals surface area contributed by atoms with Gasteiger partial charge in [0.05, 0.1) is 37.0 Å². The molecular formula is C37H59ClF6N8O6. The van der Waals surface area contributed by atoms with Crippen LogP contribution in [0, 0.1) is 0 Å². The van der Waals surface area contributed by atoms with Crippen LogP contribution in [0.25, 0.3) is 0 Å². The Morgan fingerprint density at radius 3 is 1.53 bits per heavy atom. The van der Waals surface area contributed by atoms with Crippen LogP contribution >= 0.6 is 12.4 Å². The van der Waals surface area contributed by atoms with Crippen molar-refractivity contribution in [2.45, 2.75) is 51.6 Å². The van der Waals surface area contributed by atoms with E-state index < -0.39 is 40.8 Å². The largest absolute Gasteiger partial charge is 0.477 e. The predicted molar refractivity (Wildman–Crippen MR) is 210 cm³/mol. The van der Waals surface area contributed by atoms with Crippen molar-refractivity contribution >= 4 is 29.9 Å². The van der Waals surface area contributed by atoms with Crippen LogP contribution in [0.15, 0.2) is 24.5 Å². The molecule has 2 fully saturated rings. The zero-order valence-corrected chi connectivity index (χ0v) is 34.7. The molecule has 0 unspecified atom stereocenters. The van der Waals surface area contributed by atoms with E-state index in [0.29, 0.717) is 63.7 Å². The maximum Gasteiger partial charge on any atom is 0.421 e. The fourth-order valence-electron chi connectivity index (χ4n) is 5.78. The summed E-state index contributed by atoms with van der Waals surface area (Å²) >= 11 is 0. The third-order valence-electron chi connectivity index (χ3n) is 8.98. The molecule has 14 nitrogen and oxygen atoms in total. The summed E-state index contributed by atoms with van der Waals surface area (Å²) in [6.07, 6.45) is -6.22. The fraction of sp³-hybridized carbons (Fsp3) is 0.703. The van der Waals surface area contributed by atoms with Gasteiger partial charge in [0.1, 0.15) is 16.7 Å². The first kappa shape index (κ1) is 50.6. The van der Waals surface area contributed by atoms with Gasteiger partial charge in [-0.2, -0.15) is 26.3 Å². The molecule has 0 saturated carbocycles. The Labute approximate surface area is 342 Å². The number of rotatable bonds is 16. The van der Waals surface area contributed by atoms with Crippen LogP contribution in [0.1, 0.15) is 44.7 Å². The number of amides is 1. The van der Waals surface area contributed by atoms with Gasteiger partial charge in [-0.25, -0.2) is 14.8 Å². The van der Waals surface area contributed by atoms with Gasteiger partial charge >= 0.3 is 18.4 Å². The minimum Gasteiger partial charge on any atom is -0.477 e. The summed E-state index contributed by atoms with van der Waals surface area (Å²) < 4.78 is 95.8. The fourth-order valence-corrected chi connectivity index (χ4v) is 5.78. The monoisotopic (exact) mass is 860 g/mol. The molecule has 2 aliphatic heterocycles. The summed E-state index contributed by atoms with van der Waals surface area (Å²) in [7, 11) is 3.57. The van der Waals surface area contributed by atoms with E-state index in [2.05, 4.69) is 25.1 Å². The van der Waals surface area contributed by atoms with Crippen LogP contribution in [0.4, 0.5) is 42.5 Å². The number of aromatic nitrogens is 2. The number of halogens is 7. The van der Waals surface area contributed by atoms with E-state index in [-0.39, 0.29) is 57.8 Å². The van der Waals surface area contributed by atoms with Crippen molar-refractivity contribution in [1.29, 1.82) is 0 Å². The third kappa shape index (κ3) is 17.0. The summed E-state index contributed by atoms with van der Waals surface area (Å²) in [5, 5.41) is 20.6. The van der Waals surface area contributed by atoms with E-state index >= 15 is 0 Å². The minimum atomic E-state index is -4.59. The molecule has 1 amide bonds. The van der Waals surface area contributed by atoms with E-state index in [0.717, 1.165) is 38.3 Å². The molecule has 2 saturated heterocycles. The van der Waals surface area contributed by atoms with Gasteiger partial charge in [-0.1, -0.05) is 0 Å². The third-order valence-corrected chi connectivity index (χ3v) is 8.98. The highest BCUT2D eigenvalue weighted by Gasteiger charge is 2.37. The number of anilines is 2. The van der Waals surface area contributed by atoms with Gasteiger partial charge in [-0.15, -0.1) is 12.4 Å². The lowest BCUT2D eigenvalue weighted by molar-refractivity contribution is -0.140. The summed E-state index contributed by atoms with van der Waals surface area (Å²) in [6, 6.07) is 2.16. The quantitative estimate of drug-likeness (QED) is 0.162. The van der Waals surface area contributed by atoms with Gasteiger partial charge in [0.2, 0.25) is 11.8 Å². The lowest BCUT2D eigenvalue weighted by Gasteiger charge is -2.36. The molecule has 2 aromatic rings. The molecule has 0 aromatic carbocycles. The van der Waals surface area contributed by atoms with Gasteiger partial charge in [-0.3, -0.25) is 9.80 Å². The van der Waals surface area contributed by atoms with Crippen LogP contribution in [0.3, 0.4) is 0 Å². The first-order valence-corrected chi connectivity index (χ1v) is 19.0. The van der Waals surface area contributed by atoms with Crippen LogP contribution in [-0.4, -0.2) is 166 Å². The number of carbonyl (C=O) groups is 1. The van der Waals surface area contributed by atoms with Crippen molar-refractivity contribution in [1.82, 2.24) is 30.0 Å². The molecule has 0 atom stereocenters. The molecule has 3 N–H and O–H groups in total. The number of likely N-dealkylation sites (N-methyl/N-ethyl adjacent to an activating group) is 2. The Morgan fingerprint density at radius 1 is 0.759 bits per heavy atom. The van der Waals surface area contributed by atoms with E-state index in [1.807, 2.05) is 37.6 Å². The van der Waals surface area contributed by atoms with Crippen LogP contribution in [-0.2, 0) is 17.1 Å². The molecule has 0 radical (unpaired) electrons. The van der Waals surface area contributed by atoms with Crippen molar-refractivity contribution in [2.24, 2.45) is 0 Å². The van der Waals surface area contributed by atoms with Gasteiger partial charge in [0.15, 0.2) is 0 Å². The van der Waals surface area contributed by atoms with E-state index in [1.165, 1.54) is 17.3 Å². The van der Waals surface area contributed by atoms with Crippen LogP contribution < -0.4 is 24.6 Å². The summed E-state index contributed by atoms with van der Waals surface area (Å²) in [5.41, 5.74) is -1.51. The van der Waals surface area contributed by atoms with Gasteiger partial charge < -0.3 is 44.4 Å². The van der Waals surface area contributed by atoms with Gasteiger partial charge in [-0.05, 0) is 40.0 Å². The number of hydrogen-bond acceptors (Lipinski definition) is 13. The summed E-state index contributed by atoms with van der Waals surface area (Å²) in [6.45, 7) is 13.3. The Balaban J connectivity index is 0.000000405. The zero-order valence-electron chi connectivity index (χ0n) is 33.9. The highest BCUT2D eigenvalue weighted by Crippen LogP contribution is 2.38. The second-order valence-corrected chi connectivity index (χ2v) is 14.6. The SMILES string of the molecule is CN(CCN1CCN(c2cnc(OCCCO)c(C(F)(F)F)c2)CC1)C(=O)OC(C)(C)C.CNCCN1CCN(c2cnc(OCCCO)c(C(F)(F)F)c2)CC1.Cl. The highest BCUT2D eigenvalue weighted by molar-refractivity contribution is 5.85. The smallest absolute Gasteiger partial charge is 0.421 e. The molecule has 332 valence electrons. The summed E-state index contributed by atoms with van der Waals surface area (Å²) in [5.74, 6) is -0.907. The molecule has 2 aromatic heterocycles. The van der Waals surface area contributed by atoms with E-state index in [9.17, 15) is 31.1 Å². The number of aliphatic hydroxyl groups is 2. The minimum absolute atomic E-state index is 0. The number of nitrogens with one attached hydrogen (secondary N) is 1. The average molecular weight is 861 g/mol. The molecule has 0 aliphatic carbocycles. The number of piperazine rings is 2. The Morgan fingerprint density at radius 2 is 1.17 bits per heavy atom. The molecule has 4 rings (SSSR count). The Bertz CT molecular complexity index is 1510. The molecule has 0 bridgehead atoms. The second kappa shape index (κ2) is 23.9. The van der Waals surface area contributed by atoms with Gasteiger partial charge in [0.25, 0.3) is 0 Å². The first-order chi connectivity index (χ1) is 26.9. The standard InChI is InChI=1S/C21H33F3N4O4.C16H25F3N4O2.ClH/c1-20(2,3)32-19(30)26(4)6-7-27-8-10-28(11-9-27)16-14-17(21(22,23)24)18(25-15-16)31-13-5-12-29;1-20-3-4-22-5-7-23(8-6-22)13-11-14(16(17,18)19)15(21-12-13)25-10-2-9-24;/h14-15,29H,5-13H2,1-4H3;11-12,20,24H,2-10H2,1H3;1H. The number of ether oxygens (including phenoxy) is 3. The van der Waals surface area contributed by atoms with Crippen molar-refractivity contribution in [3.63, 3.8) is 0 Å². The average Bonchev–Trinajstić information content (AvgIpc) is 3.16. The second-order valence-electron chi connectivity index (χ2n) is 14.6. The zero-order chi connectivity index (χ0) is 42.2. The highest BCUT2D eigenvalue weighted by atomic mass is 35.5.